The molecule has 0 saturated carbocycles. The molecule has 0 aromatic rings. The lowest BCUT2D eigenvalue weighted by atomic mass is 9.71. The average molecular weight is 544 g/mol. The minimum atomic E-state index is -0.700. The van der Waals surface area contributed by atoms with E-state index < -0.39 is 34.1 Å². The Morgan fingerprint density at radius 1 is 1.33 bits per heavy atom. The fraction of sp³-hybridized carbons (Fsp3) is 0.708. The van der Waals surface area contributed by atoms with Crippen molar-refractivity contribution in [1.82, 2.24) is 9.80 Å². The van der Waals surface area contributed by atoms with Gasteiger partial charge in [0.15, 0.2) is 0 Å². The van der Waals surface area contributed by atoms with E-state index >= 15 is 0 Å². The Morgan fingerprint density at radius 3 is 2.61 bits per heavy atom. The Hall–Kier alpha value is -1.32. The molecule has 0 aromatic carbocycles. The van der Waals surface area contributed by atoms with Crippen LogP contribution in [-0.4, -0.2) is 85.4 Å². The van der Waals surface area contributed by atoms with E-state index in [0.29, 0.717) is 32.4 Å². The number of hydrogen-bond donors (Lipinski definition) is 1. The van der Waals surface area contributed by atoms with Gasteiger partial charge in [0.2, 0.25) is 11.8 Å². The van der Waals surface area contributed by atoms with Gasteiger partial charge in [-0.05, 0) is 40.0 Å². The lowest BCUT2D eigenvalue weighted by Crippen LogP contribution is -2.59. The highest BCUT2D eigenvalue weighted by molar-refractivity contribution is 9.09. The summed E-state index contributed by atoms with van der Waals surface area (Å²) in [5, 5.41) is 9.14. The van der Waals surface area contributed by atoms with Crippen LogP contribution in [-0.2, 0) is 19.1 Å². The summed E-state index contributed by atoms with van der Waals surface area (Å²) in [6.07, 6.45) is 4.97. The summed E-state index contributed by atoms with van der Waals surface area (Å²) >= 11 is 5.34. The first kappa shape index (κ1) is 26.3. The maximum absolute atomic E-state index is 14.1. The van der Waals surface area contributed by atoms with Gasteiger partial charge in [0.25, 0.3) is 0 Å². The van der Waals surface area contributed by atoms with Crippen LogP contribution in [0, 0.1) is 11.8 Å². The maximum Gasteiger partial charge on any atom is 0.311 e. The monoisotopic (exact) mass is 542 g/mol. The Kier molecular flexibility index (Phi) is 8.06. The van der Waals surface area contributed by atoms with E-state index in [1.807, 2.05) is 20.8 Å². The maximum atomic E-state index is 14.1. The lowest BCUT2D eigenvalue weighted by molar-refractivity contribution is -0.153. The smallest absolute Gasteiger partial charge is 0.311 e. The van der Waals surface area contributed by atoms with Gasteiger partial charge in [0, 0.05) is 35.3 Å². The van der Waals surface area contributed by atoms with Gasteiger partial charge >= 0.3 is 5.97 Å². The van der Waals surface area contributed by atoms with Gasteiger partial charge in [-0.1, -0.05) is 34.7 Å². The third kappa shape index (κ3) is 4.52. The molecular weight excluding hydrogens is 508 g/mol. The van der Waals surface area contributed by atoms with E-state index in [-0.39, 0.29) is 35.1 Å². The molecule has 2 bridgehead atoms. The van der Waals surface area contributed by atoms with Gasteiger partial charge in [-0.2, -0.15) is 0 Å². The van der Waals surface area contributed by atoms with Crippen LogP contribution < -0.4 is 0 Å². The standard InChI is InChI=1S/C24H35BrN2O5S/c1-6-10-27(23(3,4)5)21(30)19-24-14-15(25)18(33-24)16(22(31)32-13-7-2)17(24)20(29)26(19)11-8-9-12-28/h6-7,15-19,28H,1-2,8-14H2,3-5H3/t15?,16-,17+,18-,19?,24?/m1/s1. The molecule has 6 atom stereocenters. The summed E-state index contributed by atoms with van der Waals surface area (Å²) in [6, 6.07) is -0.680. The molecule has 3 saturated heterocycles. The van der Waals surface area contributed by atoms with Crippen LogP contribution in [0.15, 0.2) is 25.3 Å². The normalized spacial score (nSPS) is 32.6. The molecule has 33 heavy (non-hydrogen) atoms. The van der Waals surface area contributed by atoms with Gasteiger partial charge in [-0.3, -0.25) is 14.4 Å². The number of aliphatic hydroxyl groups excluding tert-OH is 1. The topological polar surface area (TPSA) is 87.2 Å². The molecule has 3 rings (SSSR count). The summed E-state index contributed by atoms with van der Waals surface area (Å²) < 4.78 is 4.70. The molecule has 1 spiro atoms. The zero-order valence-electron chi connectivity index (χ0n) is 19.7. The van der Waals surface area contributed by atoms with Crippen LogP contribution >= 0.6 is 27.7 Å². The Balaban J connectivity index is 2.05. The second-order valence-corrected chi connectivity index (χ2v) is 12.7. The van der Waals surface area contributed by atoms with Crippen molar-refractivity contribution >= 4 is 45.5 Å². The van der Waals surface area contributed by atoms with E-state index in [9.17, 15) is 19.5 Å². The molecule has 1 N–H and O–H groups in total. The number of halogens is 1. The Bertz CT molecular complexity index is 815. The summed E-state index contributed by atoms with van der Waals surface area (Å²) in [5.41, 5.74) is -0.461. The molecule has 0 radical (unpaired) electrons. The van der Waals surface area contributed by atoms with Crippen LogP contribution in [0.1, 0.15) is 40.0 Å². The number of rotatable bonds is 10. The zero-order valence-corrected chi connectivity index (χ0v) is 22.1. The molecule has 3 aliphatic heterocycles. The second-order valence-electron chi connectivity index (χ2n) is 9.95. The number of likely N-dealkylation sites (tertiary alicyclic amines) is 1. The molecule has 9 heteroatoms. The number of amides is 2. The minimum Gasteiger partial charge on any atom is -0.461 e. The number of carbonyl (C=O) groups is 3. The van der Waals surface area contributed by atoms with Gasteiger partial charge in [-0.25, -0.2) is 0 Å². The molecule has 3 heterocycles. The molecule has 3 fully saturated rings. The molecule has 0 aliphatic carbocycles. The van der Waals surface area contributed by atoms with E-state index in [2.05, 4.69) is 29.1 Å². The van der Waals surface area contributed by atoms with Crippen molar-refractivity contribution < 1.29 is 24.2 Å². The van der Waals surface area contributed by atoms with Crippen molar-refractivity contribution in [3.63, 3.8) is 0 Å². The summed E-state index contributed by atoms with van der Waals surface area (Å²) in [7, 11) is 0. The second kappa shape index (κ2) is 10.1. The van der Waals surface area contributed by atoms with E-state index in [0.717, 1.165) is 0 Å². The molecular formula is C24H35BrN2O5S. The predicted octanol–water partition coefficient (Wildman–Crippen LogP) is 2.77. The van der Waals surface area contributed by atoms with Crippen molar-refractivity contribution in [2.75, 3.05) is 26.3 Å². The van der Waals surface area contributed by atoms with Crippen LogP contribution in [0.4, 0.5) is 0 Å². The number of fused-ring (bicyclic) bond motifs is 1. The first-order chi connectivity index (χ1) is 15.5. The van der Waals surface area contributed by atoms with Crippen LogP contribution in [0.5, 0.6) is 0 Å². The van der Waals surface area contributed by atoms with Crippen molar-refractivity contribution in [1.29, 1.82) is 0 Å². The van der Waals surface area contributed by atoms with Gasteiger partial charge in [-0.15, -0.1) is 18.3 Å². The molecule has 2 amide bonds. The molecule has 184 valence electrons. The first-order valence-electron chi connectivity index (χ1n) is 11.5. The minimum absolute atomic E-state index is 0.00279. The quantitative estimate of drug-likeness (QED) is 0.197. The van der Waals surface area contributed by atoms with Crippen LogP contribution in [0.3, 0.4) is 0 Å². The fourth-order valence-electron chi connectivity index (χ4n) is 5.52. The molecule has 7 nitrogen and oxygen atoms in total. The van der Waals surface area contributed by atoms with E-state index in [4.69, 9.17) is 4.74 Å². The average Bonchev–Trinajstić information content (AvgIpc) is 3.33. The zero-order chi connectivity index (χ0) is 24.6. The van der Waals surface area contributed by atoms with Crippen LogP contribution in [0.2, 0.25) is 0 Å². The number of hydrogen-bond acceptors (Lipinski definition) is 6. The van der Waals surface area contributed by atoms with Crippen molar-refractivity contribution in [2.24, 2.45) is 11.8 Å². The SMILES string of the molecule is C=CCOC(=O)[C@H]1[C@@H]2SC3(CC2Br)C(C(=O)N(CC=C)C(C)(C)C)N(CCCCO)C(=O)[C@H]13. The largest absolute Gasteiger partial charge is 0.461 e. The number of nitrogens with zero attached hydrogens (tertiary/aromatic N) is 2. The highest BCUT2D eigenvalue weighted by atomic mass is 79.9. The van der Waals surface area contributed by atoms with Crippen molar-refractivity contribution in [2.45, 2.75) is 66.4 Å². The Morgan fingerprint density at radius 2 is 2.03 bits per heavy atom. The van der Waals surface area contributed by atoms with E-state index in [1.165, 1.54) is 6.08 Å². The lowest BCUT2D eigenvalue weighted by Gasteiger charge is -2.42. The van der Waals surface area contributed by atoms with Crippen molar-refractivity contribution in [3.05, 3.63) is 25.3 Å². The highest BCUT2D eigenvalue weighted by Gasteiger charge is 2.76. The molecule has 0 aromatic heterocycles. The summed E-state index contributed by atoms with van der Waals surface area (Å²) in [6.45, 7) is 14.2. The number of unbranched alkanes of at least 4 members (excludes halogenated alkanes) is 1. The van der Waals surface area contributed by atoms with Gasteiger partial charge < -0.3 is 19.6 Å². The first-order valence-corrected chi connectivity index (χ1v) is 13.3. The number of carbonyl (C=O) groups excluding carboxylic acids is 3. The fourth-order valence-corrected chi connectivity index (χ4v) is 9.12. The number of alkyl halides is 1. The molecule has 3 unspecified atom stereocenters. The summed E-state index contributed by atoms with van der Waals surface area (Å²) in [5.74, 6) is -1.89. The third-order valence-corrected chi connectivity index (χ3v) is 10.1. The number of ether oxygens (including phenoxy) is 1. The van der Waals surface area contributed by atoms with Gasteiger partial charge in [0.05, 0.1) is 16.6 Å². The Labute approximate surface area is 209 Å². The van der Waals surface area contributed by atoms with Crippen LogP contribution in [0.25, 0.3) is 0 Å². The number of aliphatic hydroxyl groups is 1. The number of thioether (sulfide) groups is 1. The molecule has 3 aliphatic rings. The third-order valence-electron chi connectivity index (χ3n) is 6.83. The van der Waals surface area contributed by atoms with E-state index in [1.54, 1.807) is 27.6 Å². The van der Waals surface area contributed by atoms with Crippen molar-refractivity contribution in [3.8, 4) is 0 Å². The van der Waals surface area contributed by atoms with Gasteiger partial charge in [0.1, 0.15) is 12.6 Å². The highest BCUT2D eigenvalue weighted by Crippen LogP contribution is 2.68. The number of esters is 1. The summed E-state index contributed by atoms with van der Waals surface area (Å²) in [4.78, 5) is 44.4. The predicted molar refractivity (Wildman–Crippen MR) is 133 cm³/mol.